The van der Waals surface area contributed by atoms with Crippen molar-refractivity contribution >= 4 is 0 Å². The van der Waals surface area contributed by atoms with Gasteiger partial charge in [-0.15, -0.1) is 0 Å². The van der Waals surface area contributed by atoms with Crippen molar-refractivity contribution in [2.75, 3.05) is 13.9 Å². The van der Waals surface area contributed by atoms with Gasteiger partial charge in [0.2, 0.25) is 0 Å². The Morgan fingerprint density at radius 2 is 2.30 bits per heavy atom. The van der Waals surface area contributed by atoms with Gasteiger partial charge in [0.25, 0.3) is 0 Å². The van der Waals surface area contributed by atoms with E-state index < -0.39 is 0 Å². The summed E-state index contributed by atoms with van der Waals surface area (Å²) >= 11 is 0. The SMILES string of the molecule is CCC(CC#N)OCOC. The van der Waals surface area contributed by atoms with Crippen molar-refractivity contribution < 1.29 is 9.47 Å². The zero-order valence-electron chi connectivity index (χ0n) is 6.46. The molecule has 0 rings (SSSR count). The maximum Gasteiger partial charge on any atom is 0.146 e. The molecule has 3 nitrogen and oxygen atoms in total. The molecule has 0 radical (unpaired) electrons. The van der Waals surface area contributed by atoms with Crippen LogP contribution in [0.1, 0.15) is 19.8 Å². The van der Waals surface area contributed by atoms with Gasteiger partial charge in [-0.2, -0.15) is 5.26 Å². The van der Waals surface area contributed by atoms with E-state index >= 15 is 0 Å². The van der Waals surface area contributed by atoms with Crippen LogP contribution in [0, 0.1) is 11.3 Å². The van der Waals surface area contributed by atoms with Gasteiger partial charge in [-0.05, 0) is 6.42 Å². The third kappa shape index (κ3) is 4.30. The van der Waals surface area contributed by atoms with Crippen LogP contribution in [0.2, 0.25) is 0 Å². The van der Waals surface area contributed by atoms with Crippen LogP contribution in [-0.4, -0.2) is 20.0 Å². The van der Waals surface area contributed by atoms with Crippen LogP contribution < -0.4 is 0 Å². The summed E-state index contributed by atoms with van der Waals surface area (Å²) in [4.78, 5) is 0. The fourth-order valence-corrected chi connectivity index (χ4v) is 0.587. The minimum absolute atomic E-state index is 0.0324. The average Bonchev–Trinajstić information content (AvgIpc) is 1.98. The van der Waals surface area contributed by atoms with Crippen LogP contribution in [-0.2, 0) is 9.47 Å². The van der Waals surface area contributed by atoms with E-state index in [1.54, 1.807) is 7.11 Å². The summed E-state index contributed by atoms with van der Waals surface area (Å²) in [5.41, 5.74) is 0. The molecule has 0 saturated heterocycles. The Morgan fingerprint density at radius 1 is 1.60 bits per heavy atom. The Labute approximate surface area is 61.5 Å². The number of hydrogen-bond acceptors (Lipinski definition) is 3. The van der Waals surface area contributed by atoms with Gasteiger partial charge in [0.05, 0.1) is 18.6 Å². The first-order valence-electron chi connectivity index (χ1n) is 3.32. The maximum atomic E-state index is 8.30. The second-order valence-corrected chi connectivity index (χ2v) is 1.97. The monoisotopic (exact) mass is 143 g/mol. The molecule has 10 heavy (non-hydrogen) atoms. The summed E-state index contributed by atoms with van der Waals surface area (Å²) in [7, 11) is 1.57. The number of nitrogens with zero attached hydrogens (tertiary/aromatic N) is 1. The summed E-state index contributed by atoms with van der Waals surface area (Å²) in [5.74, 6) is 0. The van der Waals surface area contributed by atoms with Crippen molar-refractivity contribution in [1.29, 1.82) is 5.26 Å². The van der Waals surface area contributed by atoms with Gasteiger partial charge >= 0.3 is 0 Å². The number of nitriles is 1. The number of ether oxygens (including phenoxy) is 2. The van der Waals surface area contributed by atoms with Crippen LogP contribution in [0.3, 0.4) is 0 Å². The minimum atomic E-state index is 0.0324. The van der Waals surface area contributed by atoms with E-state index in [-0.39, 0.29) is 12.9 Å². The molecule has 0 fully saturated rings. The van der Waals surface area contributed by atoms with Gasteiger partial charge in [-0.3, -0.25) is 0 Å². The molecule has 0 aliphatic heterocycles. The highest BCUT2D eigenvalue weighted by atomic mass is 16.7. The lowest BCUT2D eigenvalue weighted by Crippen LogP contribution is -2.12. The molecule has 0 heterocycles. The van der Waals surface area contributed by atoms with Gasteiger partial charge in [-0.1, -0.05) is 6.92 Å². The van der Waals surface area contributed by atoms with E-state index in [1.165, 1.54) is 0 Å². The van der Waals surface area contributed by atoms with E-state index in [1.807, 2.05) is 13.0 Å². The van der Waals surface area contributed by atoms with E-state index in [9.17, 15) is 0 Å². The fourth-order valence-electron chi connectivity index (χ4n) is 0.587. The topological polar surface area (TPSA) is 42.2 Å². The highest BCUT2D eigenvalue weighted by Crippen LogP contribution is 2.01. The molecule has 0 aliphatic carbocycles. The van der Waals surface area contributed by atoms with Crippen molar-refractivity contribution in [3.05, 3.63) is 0 Å². The van der Waals surface area contributed by atoms with E-state index in [0.717, 1.165) is 6.42 Å². The first-order chi connectivity index (χ1) is 4.85. The molecule has 0 bridgehead atoms. The number of hydrogen-bond donors (Lipinski definition) is 0. The third-order valence-corrected chi connectivity index (χ3v) is 1.20. The molecule has 0 aromatic rings. The molecule has 0 aliphatic rings. The van der Waals surface area contributed by atoms with Gasteiger partial charge in [0.15, 0.2) is 0 Å². The van der Waals surface area contributed by atoms with Crippen molar-refractivity contribution in [2.24, 2.45) is 0 Å². The molecular weight excluding hydrogens is 130 g/mol. The molecule has 0 aromatic heterocycles. The molecule has 3 heteroatoms. The number of methoxy groups -OCH3 is 1. The Morgan fingerprint density at radius 3 is 2.70 bits per heavy atom. The second-order valence-electron chi connectivity index (χ2n) is 1.97. The Hall–Kier alpha value is -0.590. The van der Waals surface area contributed by atoms with Gasteiger partial charge in [-0.25, -0.2) is 0 Å². The Balaban J connectivity index is 3.32. The lowest BCUT2D eigenvalue weighted by Gasteiger charge is -2.10. The van der Waals surface area contributed by atoms with E-state index in [2.05, 4.69) is 4.74 Å². The van der Waals surface area contributed by atoms with Crippen molar-refractivity contribution in [3.63, 3.8) is 0 Å². The van der Waals surface area contributed by atoms with Crippen molar-refractivity contribution in [2.45, 2.75) is 25.9 Å². The normalized spacial score (nSPS) is 12.5. The van der Waals surface area contributed by atoms with Crippen LogP contribution in [0.25, 0.3) is 0 Å². The molecule has 1 atom stereocenters. The smallest absolute Gasteiger partial charge is 0.146 e. The van der Waals surface area contributed by atoms with Crippen molar-refractivity contribution in [3.8, 4) is 6.07 Å². The van der Waals surface area contributed by atoms with E-state index in [4.69, 9.17) is 10.00 Å². The summed E-state index contributed by atoms with van der Waals surface area (Å²) < 4.78 is 9.82. The quantitative estimate of drug-likeness (QED) is 0.545. The Bertz CT molecular complexity index is 109. The molecule has 58 valence electrons. The molecule has 0 saturated carbocycles. The maximum absolute atomic E-state index is 8.30. The zero-order valence-corrected chi connectivity index (χ0v) is 6.46. The van der Waals surface area contributed by atoms with Crippen LogP contribution in [0.15, 0.2) is 0 Å². The minimum Gasteiger partial charge on any atom is -0.359 e. The largest absolute Gasteiger partial charge is 0.359 e. The second kappa shape index (κ2) is 6.53. The highest BCUT2D eigenvalue weighted by Gasteiger charge is 2.03. The van der Waals surface area contributed by atoms with Gasteiger partial charge < -0.3 is 9.47 Å². The van der Waals surface area contributed by atoms with Crippen LogP contribution in [0.4, 0.5) is 0 Å². The molecular formula is C7H13NO2. The summed E-state index contributed by atoms with van der Waals surface area (Å²) in [6, 6.07) is 2.05. The Kier molecular flexibility index (Phi) is 6.14. The summed E-state index contributed by atoms with van der Waals surface area (Å²) in [6.07, 6.45) is 1.33. The van der Waals surface area contributed by atoms with Crippen LogP contribution >= 0.6 is 0 Å². The molecule has 0 N–H and O–H groups in total. The molecule has 0 amide bonds. The lowest BCUT2D eigenvalue weighted by atomic mass is 10.2. The third-order valence-electron chi connectivity index (χ3n) is 1.20. The van der Waals surface area contributed by atoms with Gasteiger partial charge in [0, 0.05) is 7.11 Å². The molecule has 1 unspecified atom stereocenters. The van der Waals surface area contributed by atoms with Crippen LogP contribution in [0.5, 0.6) is 0 Å². The van der Waals surface area contributed by atoms with Crippen molar-refractivity contribution in [1.82, 2.24) is 0 Å². The zero-order chi connectivity index (χ0) is 7.82. The first kappa shape index (κ1) is 9.41. The molecule has 0 spiro atoms. The fraction of sp³-hybridized carbons (Fsp3) is 0.857. The number of rotatable bonds is 5. The molecule has 0 aromatic carbocycles. The standard InChI is InChI=1S/C7H13NO2/c1-3-7(4-5-8)10-6-9-2/h7H,3-4,6H2,1-2H3. The lowest BCUT2D eigenvalue weighted by molar-refractivity contribution is -0.0706. The average molecular weight is 143 g/mol. The predicted octanol–water partition coefficient (Wildman–Crippen LogP) is 1.30. The highest BCUT2D eigenvalue weighted by molar-refractivity contribution is 4.74. The van der Waals surface area contributed by atoms with E-state index in [0.29, 0.717) is 6.42 Å². The predicted molar refractivity (Wildman–Crippen MR) is 37.3 cm³/mol. The summed E-state index contributed by atoms with van der Waals surface area (Å²) in [5, 5.41) is 8.30. The van der Waals surface area contributed by atoms with Gasteiger partial charge in [0.1, 0.15) is 6.79 Å². The first-order valence-corrected chi connectivity index (χ1v) is 3.32. The summed E-state index contributed by atoms with van der Waals surface area (Å²) in [6.45, 7) is 2.26.